The molecule has 0 aliphatic rings. The van der Waals surface area contributed by atoms with Crippen molar-refractivity contribution in [2.45, 2.75) is 26.2 Å². The minimum absolute atomic E-state index is 0.178. The van der Waals surface area contributed by atoms with Crippen molar-refractivity contribution in [2.24, 2.45) is 0 Å². The second kappa shape index (κ2) is 6.46. The van der Waals surface area contributed by atoms with Gasteiger partial charge in [-0.25, -0.2) is 0 Å². The predicted octanol–water partition coefficient (Wildman–Crippen LogP) is 7.47. The van der Waals surface area contributed by atoms with E-state index in [-0.39, 0.29) is 5.41 Å². The molecule has 0 spiro atoms. The quantitative estimate of drug-likeness (QED) is 0.356. The molecule has 128 valence electrons. The summed E-state index contributed by atoms with van der Waals surface area (Å²) in [6, 6.07) is 32.9. The minimum atomic E-state index is 0.178. The van der Waals surface area contributed by atoms with Gasteiger partial charge in [-0.3, -0.25) is 0 Å². The molecule has 0 atom stereocenters. The summed E-state index contributed by atoms with van der Waals surface area (Å²) in [6.07, 6.45) is 0. The van der Waals surface area contributed by atoms with Crippen molar-refractivity contribution in [2.75, 3.05) is 0 Å². The maximum absolute atomic E-state index is 2.32. The fraction of sp³-hybridized carbons (Fsp3) is 0.154. The van der Waals surface area contributed by atoms with E-state index in [4.69, 9.17) is 0 Å². The molecule has 0 fully saturated rings. The second-order valence-electron chi connectivity index (χ2n) is 7.93. The molecule has 0 bridgehead atoms. The van der Waals surface area contributed by atoms with E-state index in [0.717, 1.165) is 0 Å². The summed E-state index contributed by atoms with van der Waals surface area (Å²) in [7, 11) is 0. The Morgan fingerprint density at radius 1 is 0.538 bits per heavy atom. The van der Waals surface area contributed by atoms with E-state index in [9.17, 15) is 0 Å². The van der Waals surface area contributed by atoms with Crippen molar-refractivity contribution in [3.63, 3.8) is 0 Å². The summed E-state index contributed by atoms with van der Waals surface area (Å²) in [5.74, 6) is 0. The third-order valence-electron chi connectivity index (χ3n) is 5.05. The van der Waals surface area contributed by atoms with Gasteiger partial charge < -0.3 is 0 Å². The van der Waals surface area contributed by atoms with Crippen molar-refractivity contribution in [1.29, 1.82) is 0 Å². The van der Waals surface area contributed by atoms with E-state index >= 15 is 0 Å². The molecule has 0 radical (unpaired) electrons. The molecule has 0 N–H and O–H groups in total. The number of fused-ring (bicyclic) bond motifs is 1. The summed E-state index contributed by atoms with van der Waals surface area (Å²) in [4.78, 5) is 0. The Labute approximate surface area is 156 Å². The molecule has 0 saturated carbocycles. The zero-order chi connectivity index (χ0) is 18.1. The highest BCUT2D eigenvalue weighted by atomic mass is 14.2. The molecule has 0 heterocycles. The highest BCUT2D eigenvalue weighted by Gasteiger charge is 2.13. The first-order chi connectivity index (χ1) is 12.5. The van der Waals surface area contributed by atoms with Crippen LogP contribution in [0.4, 0.5) is 0 Å². The average Bonchev–Trinajstić information content (AvgIpc) is 2.67. The fourth-order valence-electron chi connectivity index (χ4n) is 3.48. The van der Waals surface area contributed by atoms with Gasteiger partial charge in [-0.1, -0.05) is 106 Å². The molecule has 4 aromatic rings. The van der Waals surface area contributed by atoms with Crippen LogP contribution in [0.25, 0.3) is 33.0 Å². The highest BCUT2D eigenvalue weighted by molar-refractivity contribution is 5.99. The molecule has 0 saturated heterocycles. The van der Waals surface area contributed by atoms with Crippen molar-refractivity contribution < 1.29 is 0 Å². The van der Waals surface area contributed by atoms with Crippen molar-refractivity contribution in [3.05, 3.63) is 96.6 Å². The fourth-order valence-corrected chi connectivity index (χ4v) is 3.48. The van der Waals surface area contributed by atoms with Crippen LogP contribution in [0, 0.1) is 0 Å². The Hall–Kier alpha value is -2.86. The first-order valence-electron chi connectivity index (χ1n) is 9.21. The van der Waals surface area contributed by atoms with Gasteiger partial charge in [0.05, 0.1) is 0 Å². The molecule has 26 heavy (non-hydrogen) atoms. The van der Waals surface area contributed by atoms with Gasteiger partial charge >= 0.3 is 0 Å². The molecule has 0 aliphatic heterocycles. The van der Waals surface area contributed by atoms with Crippen LogP contribution in [0.2, 0.25) is 0 Å². The largest absolute Gasteiger partial charge is 0.0622 e. The maximum atomic E-state index is 2.32. The molecule has 0 nitrogen and oxygen atoms in total. The van der Waals surface area contributed by atoms with Crippen LogP contribution in [0.3, 0.4) is 0 Å². The third-order valence-corrected chi connectivity index (χ3v) is 5.05. The molecule has 0 amide bonds. The normalized spacial score (nSPS) is 11.7. The molecular weight excluding hydrogens is 312 g/mol. The lowest BCUT2D eigenvalue weighted by Gasteiger charge is -2.19. The highest BCUT2D eigenvalue weighted by Crippen LogP contribution is 2.33. The molecule has 4 rings (SSSR count). The Kier molecular flexibility index (Phi) is 4.12. The number of hydrogen-bond acceptors (Lipinski definition) is 0. The van der Waals surface area contributed by atoms with Gasteiger partial charge in [0.15, 0.2) is 0 Å². The van der Waals surface area contributed by atoms with Crippen molar-refractivity contribution >= 4 is 10.8 Å². The SMILES string of the molecule is CC(C)(C)c1ccc(-c2cccc3ccc(-c4ccccc4)cc23)cc1. The third kappa shape index (κ3) is 3.15. The molecule has 0 heteroatoms. The predicted molar refractivity (Wildman–Crippen MR) is 114 cm³/mol. The van der Waals surface area contributed by atoms with E-state index in [2.05, 4.69) is 112 Å². The lowest BCUT2D eigenvalue weighted by molar-refractivity contribution is 0.590. The van der Waals surface area contributed by atoms with Crippen LogP contribution in [0.15, 0.2) is 91.0 Å². The Balaban J connectivity index is 1.85. The van der Waals surface area contributed by atoms with Crippen molar-refractivity contribution in [3.8, 4) is 22.3 Å². The molecule has 0 aliphatic carbocycles. The summed E-state index contributed by atoms with van der Waals surface area (Å²) in [5, 5.41) is 2.58. The van der Waals surface area contributed by atoms with Crippen LogP contribution >= 0.6 is 0 Å². The smallest absolute Gasteiger partial charge is 0.00992 e. The van der Waals surface area contributed by atoms with E-state index in [1.165, 1.54) is 38.6 Å². The van der Waals surface area contributed by atoms with Gasteiger partial charge in [0.2, 0.25) is 0 Å². The molecule has 4 aromatic carbocycles. The summed E-state index contributed by atoms with van der Waals surface area (Å²) >= 11 is 0. The number of rotatable bonds is 2. The number of hydrogen-bond donors (Lipinski definition) is 0. The topological polar surface area (TPSA) is 0 Å². The number of benzene rings is 4. The van der Waals surface area contributed by atoms with Crippen LogP contribution in [0.5, 0.6) is 0 Å². The van der Waals surface area contributed by atoms with E-state index in [0.29, 0.717) is 0 Å². The van der Waals surface area contributed by atoms with Crippen LogP contribution in [-0.4, -0.2) is 0 Å². The Morgan fingerprint density at radius 3 is 1.92 bits per heavy atom. The van der Waals surface area contributed by atoms with Gasteiger partial charge in [0, 0.05) is 0 Å². The lowest BCUT2D eigenvalue weighted by Crippen LogP contribution is -2.10. The first-order valence-corrected chi connectivity index (χ1v) is 9.21. The summed E-state index contributed by atoms with van der Waals surface area (Å²) < 4.78 is 0. The minimum Gasteiger partial charge on any atom is -0.0622 e. The Bertz CT molecular complexity index is 1030. The zero-order valence-electron chi connectivity index (χ0n) is 15.7. The van der Waals surface area contributed by atoms with Gasteiger partial charge in [0.25, 0.3) is 0 Å². The van der Waals surface area contributed by atoms with Gasteiger partial charge in [0.1, 0.15) is 0 Å². The van der Waals surface area contributed by atoms with E-state index < -0.39 is 0 Å². The Morgan fingerprint density at radius 2 is 1.23 bits per heavy atom. The van der Waals surface area contributed by atoms with E-state index in [1.54, 1.807) is 0 Å². The first kappa shape index (κ1) is 16.6. The van der Waals surface area contributed by atoms with Crippen LogP contribution in [-0.2, 0) is 5.41 Å². The van der Waals surface area contributed by atoms with Crippen LogP contribution in [0.1, 0.15) is 26.3 Å². The monoisotopic (exact) mass is 336 g/mol. The summed E-state index contributed by atoms with van der Waals surface area (Å²) in [5.41, 5.74) is 6.63. The molecule has 0 aromatic heterocycles. The summed E-state index contributed by atoms with van der Waals surface area (Å²) in [6.45, 7) is 6.77. The molecule has 0 unspecified atom stereocenters. The van der Waals surface area contributed by atoms with Gasteiger partial charge in [-0.15, -0.1) is 0 Å². The van der Waals surface area contributed by atoms with E-state index in [1.807, 2.05) is 0 Å². The van der Waals surface area contributed by atoms with Crippen molar-refractivity contribution in [1.82, 2.24) is 0 Å². The standard InChI is InChI=1S/C26H24/c1-26(2,3)23-16-14-21(15-17-23)24-11-7-10-20-12-13-22(18-25(20)24)19-8-5-4-6-9-19/h4-18H,1-3H3. The zero-order valence-corrected chi connectivity index (χ0v) is 15.7. The van der Waals surface area contributed by atoms with Gasteiger partial charge in [-0.2, -0.15) is 0 Å². The van der Waals surface area contributed by atoms with Crippen LogP contribution < -0.4 is 0 Å². The second-order valence-corrected chi connectivity index (χ2v) is 7.93. The maximum Gasteiger partial charge on any atom is -0.00992 e. The average molecular weight is 336 g/mol. The lowest BCUT2D eigenvalue weighted by atomic mass is 9.86. The molecular formula is C26H24. The van der Waals surface area contributed by atoms with Gasteiger partial charge in [-0.05, 0) is 50.1 Å².